The monoisotopic (exact) mass is 537 g/mol. The zero-order valence-electron chi connectivity index (χ0n) is 20.9. The summed E-state index contributed by atoms with van der Waals surface area (Å²) in [7, 11) is -1.30. The van der Waals surface area contributed by atoms with Crippen LogP contribution in [0.5, 0.6) is 11.5 Å². The summed E-state index contributed by atoms with van der Waals surface area (Å²) in [6.45, 7) is 3.25. The Labute approximate surface area is 220 Å². The van der Waals surface area contributed by atoms with Crippen LogP contribution in [-0.4, -0.2) is 40.1 Å². The van der Waals surface area contributed by atoms with Crippen molar-refractivity contribution in [1.29, 1.82) is 0 Å². The minimum absolute atomic E-state index is 0.0356. The second kappa shape index (κ2) is 11.0. The first kappa shape index (κ1) is 26.2. The molecule has 4 rings (SSSR count). The number of nitrogens with one attached hydrogen (secondary N) is 1. The molecule has 0 aliphatic rings. The molecule has 37 heavy (non-hydrogen) atoms. The summed E-state index contributed by atoms with van der Waals surface area (Å²) in [4.78, 5) is 17.7. The van der Waals surface area contributed by atoms with Gasteiger partial charge in [0.2, 0.25) is 5.91 Å². The molecule has 0 unspecified atom stereocenters. The first-order valence-electron chi connectivity index (χ1n) is 11.3. The van der Waals surface area contributed by atoms with Crippen LogP contribution in [0.3, 0.4) is 0 Å². The van der Waals surface area contributed by atoms with E-state index in [1.165, 1.54) is 20.3 Å². The van der Waals surface area contributed by atoms with Crippen molar-refractivity contribution in [2.75, 3.05) is 30.4 Å². The molecule has 1 heterocycles. The zero-order valence-corrected chi connectivity index (χ0v) is 22.5. The Morgan fingerprint density at radius 1 is 1.00 bits per heavy atom. The predicted octanol–water partition coefficient (Wildman–Crippen LogP) is 5.28. The second-order valence-electron chi connectivity index (χ2n) is 8.25. The molecule has 0 spiro atoms. The molecule has 192 valence electrons. The molecule has 1 N–H and O–H groups in total. The number of amides is 1. The Hall–Kier alpha value is -3.89. The van der Waals surface area contributed by atoms with Gasteiger partial charge in [0.25, 0.3) is 10.0 Å². The summed E-state index contributed by atoms with van der Waals surface area (Å²) < 4.78 is 39.5. The van der Waals surface area contributed by atoms with Crippen molar-refractivity contribution in [3.8, 4) is 22.8 Å². The number of ether oxygens (including phenoxy) is 2. The van der Waals surface area contributed by atoms with Crippen LogP contribution in [0.25, 0.3) is 11.3 Å². The van der Waals surface area contributed by atoms with Crippen LogP contribution >= 0.6 is 11.3 Å². The highest BCUT2D eigenvalue weighted by molar-refractivity contribution is 7.93. The van der Waals surface area contributed by atoms with E-state index in [9.17, 15) is 13.2 Å². The quantitative estimate of drug-likeness (QED) is 0.312. The van der Waals surface area contributed by atoms with Gasteiger partial charge in [-0.15, -0.1) is 11.3 Å². The molecule has 0 aliphatic carbocycles. The molecule has 0 aliphatic heterocycles. The molecule has 0 fully saturated rings. The molecular weight excluding hydrogens is 510 g/mol. The van der Waals surface area contributed by atoms with E-state index in [0.29, 0.717) is 11.4 Å². The minimum Gasteiger partial charge on any atom is -0.497 e. The number of methoxy groups -OCH3 is 2. The lowest BCUT2D eigenvalue weighted by molar-refractivity contribution is -0.114. The predicted molar refractivity (Wildman–Crippen MR) is 146 cm³/mol. The summed E-state index contributed by atoms with van der Waals surface area (Å²) in [5, 5.41) is 5.71. The van der Waals surface area contributed by atoms with E-state index >= 15 is 0 Å². The maximum atomic E-state index is 13.9. The van der Waals surface area contributed by atoms with Crippen LogP contribution in [0, 0.1) is 13.8 Å². The molecule has 0 saturated heterocycles. The number of hydrogen-bond acceptors (Lipinski definition) is 7. The average Bonchev–Trinajstić information content (AvgIpc) is 3.33. The molecule has 0 atom stereocenters. The van der Waals surface area contributed by atoms with Gasteiger partial charge in [0, 0.05) is 22.7 Å². The molecule has 10 heteroatoms. The van der Waals surface area contributed by atoms with Crippen molar-refractivity contribution in [2.45, 2.75) is 18.7 Å². The van der Waals surface area contributed by atoms with Crippen LogP contribution in [0.1, 0.15) is 10.6 Å². The third-order valence-corrected chi connectivity index (χ3v) is 8.15. The molecule has 1 aromatic heterocycles. The normalized spacial score (nSPS) is 11.1. The highest BCUT2D eigenvalue weighted by atomic mass is 32.2. The van der Waals surface area contributed by atoms with Crippen LogP contribution in [-0.2, 0) is 14.8 Å². The van der Waals surface area contributed by atoms with Crippen LogP contribution < -0.4 is 19.1 Å². The number of carbonyl (C=O) groups excluding carboxylic acids is 1. The number of aromatic nitrogens is 1. The fourth-order valence-electron chi connectivity index (χ4n) is 3.77. The molecule has 8 nitrogen and oxygen atoms in total. The molecular formula is C27H27N3O5S2. The SMILES string of the molecule is COc1cccc(N(CC(=O)Nc2cccc(-c3csc(C)n3)c2)S(=O)(=O)c2cc(C)ccc2OC)c1. The first-order chi connectivity index (χ1) is 17.7. The largest absolute Gasteiger partial charge is 0.497 e. The van der Waals surface area contributed by atoms with E-state index in [1.807, 2.05) is 24.4 Å². The third kappa shape index (κ3) is 5.92. The number of rotatable bonds is 9. The summed E-state index contributed by atoms with van der Waals surface area (Å²) in [5.41, 5.74) is 3.21. The number of hydrogen-bond donors (Lipinski definition) is 1. The van der Waals surface area contributed by atoms with Crippen molar-refractivity contribution in [3.63, 3.8) is 0 Å². The number of nitrogens with zero attached hydrogens (tertiary/aromatic N) is 2. The fourth-order valence-corrected chi connectivity index (χ4v) is 6.05. The van der Waals surface area contributed by atoms with E-state index in [-0.39, 0.29) is 16.3 Å². The highest BCUT2D eigenvalue weighted by Gasteiger charge is 2.30. The summed E-state index contributed by atoms with van der Waals surface area (Å²) in [6.07, 6.45) is 0. The van der Waals surface area contributed by atoms with Gasteiger partial charge in [0.1, 0.15) is 22.9 Å². The lowest BCUT2D eigenvalue weighted by Gasteiger charge is -2.25. The Morgan fingerprint density at radius 3 is 2.49 bits per heavy atom. The first-order valence-corrected chi connectivity index (χ1v) is 13.7. The summed E-state index contributed by atoms with van der Waals surface area (Å²) in [5.74, 6) is 0.135. The number of carbonyl (C=O) groups is 1. The average molecular weight is 538 g/mol. The number of anilines is 2. The lowest BCUT2D eigenvalue weighted by Crippen LogP contribution is -2.38. The van der Waals surface area contributed by atoms with E-state index in [0.717, 1.165) is 26.1 Å². The van der Waals surface area contributed by atoms with E-state index in [2.05, 4.69) is 10.3 Å². The van der Waals surface area contributed by atoms with Crippen molar-refractivity contribution in [3.05, 3.63) is 82.7 Å². The zero-order chi connectivity index (χ0) is 26.6. The van der Waals surface area contributed by atoms with Gasteiger partial charge in [0.15, 0.2) is 0 Å². The van der Waals surface area contributed by atoms with Crippen molar-refractivity contribution in [2.24, 2.45) is 0 Å². The fraction of sp³-hybridized carbons (Fsp3) is 0.185. The van der Waals surface area contributed by atoms with Gasteiger partial charge in [-0.25, -0.2) is 13.4 Å². The number of aryl methyl sites for hydroxylation is 2. The second-order valence-corrected chi connectivity index (χ2v) is 11.1. The molecule has 0 radical (unpaired) electrons. The van der Waals surface area contributed by atoms with Crippen molar-refractivity contribution in [1.82, 2.24) is 4.98 Å². The smallest absolute Gasteiger partial charge is 0.268 e. The molecule has 0 bridgehead atoms. The maximum Gasteiger partial charge on any atom is 0.268 e. The molecule has 0 saturated carbocycles. The third-order valence-electron chi connectivity index (χ3n) is 5.58. The van der Waals surface area contributed by atoms with Crippen LogP contribution in [0.2, 0.25) is 0 Å². The number of sulfonamides is 1. The topological polar surface area (TPSA) is 97.8 Å². The Morgan fingerprint density at radius 2 is 1.78 bits per heavy atom. The molecule has 4 aromatic rings. The number of thiazole rings is 1. The van der Waals surface area contributed by atoms with Gasteiger partial charge >= 0.3 is 0 Å². The number of benzene rings is 3. The van der Waals surface area contributed by atoms with Gasteiger partial charge in [-0.2, -0.15) is 0 Å². The van der Waals surface area contributed by atoms with Crippen molar-refractivity contribution >= 4 is 38.6 Å². The Bertz CT molecular complexity index is 1530. The molecule has 3 aromatic carbocycles. The van der Waals surface area contributed by atoms with E-state index in [1.54, 1.807) is 66.8 Å². The van der Waals surface area contributed by atoms with Crippen LogP contribution in [0.4, 0.5) is 11.4 Å². The van der Waals surface area contributed by atoms with Gasteiger partial charge in [0.05, 0.1) is 30.6 Å². The molecule has 1 amide bonds. The van der Waals surface area contributed by atoms with Crippen LogP contribution in [0.15, 0.2) is 77.0 Å². The Balaban J connectivity index is 1.68. The lowest BCUT2D eigenvalue weighted by atomic mass is 10.1. The standard InChI is InChI=1S/C27H27N3O5S2/c1-18-11-12-25(35-4)26(13-18)37(32,33)30(22-9-6-10-23(15-22)34-3)16-27(31)29-21-8-5-7-20(14-21)24-17-36-19(2)28-24/h5-15,17H,16H2,1-4H3,(H,29,31). The van der Waals surface area contributed by atoms with Crippen molar-refractivity contribution < 1.29 is 22.7 Å². The Kier molecular flexibility index (Phi) is 7.80. The summed E-state index contributed by atoms with van der Waals surface area (Å²) >= 11 is 1.54. The van der Waals surface area contributed by atoms with Gasteiger partial charge in [-0.05, 0) is 55.8 Å². The van der Waals surface area contributed by atoms with Gasteiger partial charge in [-0.3, -0.25) is 9.10 Å². The van der Waals surface area contributed by atoms with Gasteiger partial charge in [-0.1, -0.05) is 24.3 Å². The summed E-state index contributed by atoms with van der Waals surface area (Å²) in [6, 6.07) is 18.7. The van der Waals surface area contributed by atoms with E-state index < -0.39 is 22.5 Å². The maximum absolute atomic E-state index is 13.9. The van der Waals surface area contributed by atoms with E-state index in [4.69, 9.17) is 9.47 Å². The highest BCUT2D eigenvalue weighted by Crippen LogP contribution is 2.32. The van der Waals surface area contributed by atoms with Gasteiger partial charge < -0.3 is 14.8 Å². The minimum atomic E-state index is -4.20.